The Kier molecular flexibility index (Phi) is 5.33. The SMILES string of the molecule is CN(C)C1CCN(CC2CC3c4ccccc4C2c2ccccc23)CC1.Cl. The molecule has 1 heterocycles. The Labute approximate surface area is 170 Å². The summed E-state index contributed by atoms with van der Waals surface area (Å²) in [6, 6.07) is 19.2. The molecule has 1 aliphatic heterocycles. The molecule has 144 valence electrons. The van der Waals surface area contributed by atoms with Gasteiger partial charge in [0.15, 0.2) is 0 Å². The van der Waals surface area contributed by atoms with Crippen molar-refractivity contribution in [3.05, 3.63) is 70.8 Å². The summed E-state index contributed by atoms with van der Waals surface area (Å²) in [7, 11) is 4.46. The van der Waals surface area contributed by atoms with Gasteiger partial charge in [0.1, 0.15) is 0 Å². The summed E-state index contributed by atoms with van der Waals surface area (Å²) in [4.78, 5) is 5.16. The molecule has 2 aromatic carbocycles. The molecule has 3 aliphatic carbocycles. The van der Waals surface area contributed by atoms with Crippen molar-refractivity contribution in [2.75, 3.05) is 33.7 Å². The number of piperidine rings is 1. The normalized spacial score (nSPS) is 27.1. The number of benzene rings is 2. The van der Waals surface area contributed by atoms with E-state index in [2.05, 4.69) is 72.4 Å². The molecule has 3 heteroatoms. The lowest BCUT2D eigenvalue weighted by molar-refractivity contribution is 0.119. The van der Waals surface area contributed by atoms with Gasteiger partial charge in [-0.3, -0.25) is 0 Å². The van der Waals surface area contributed by atoms with Gasteiger partial charge >= 0.3 is 0 Å². The summed E-state index contributed by atoms with van der Waals surface area (Å²) in [5.74, 6) is 1.97. The second-order valence-corrected chi connectivity index (χ2v) is 8.78. The van der Waals surface area contributed by atoms with Crippen LogP contribution in [0.2, 0.25) is 0 Å². The fourth-order valence-electron chi connectivity index (χ4n) is 5.89. The molecular weight excluding hydrogens is 352 g/mol. The zero-order valence-electron chi connectivity index (χ0n) is 16.5. The number of fused-ring (bicyclic) bond motifs is 1. The molecule has 1 saturated heterocycles. The Bertz CT molecular complexity index is 747. The summed E-state index contributed by atoms with van der Waals surface area (Å²) in [6.45, 7) is 3.80. The highest BCUT2D eigenvalue weighted by atomic mass is 35.5. The molecule has 27 heavy (non-hydrogen) atoms. The van der Waals surface area contributed by atoms with Crippen LogP contribution < -0.4 is 0 Å². The lowest BCUT2D eigenvalue weighted by atomic mass is 9.59. The first kappa shape index (κ1) is 19.0. The summed E-state index contributed by atoms with van der Waals surface area (Å²) in [5.41, 5.74) is 6.41. The van der Waals surface area contributed by atoms with Gasteiger partial charge in [-0.05, 0) is 74.6 Å². The molecule has 2 aromatic rings. The average Bonchev–Trinajstić information content (AvgIpc) is 2.69. The molecule has 1 fully saturated rings. The molecule has 0 N–H and O–H groups in total. The van der Waals surface area contributed by atoms with E-state index >= 15 is 0 Å². The van der Waals surface area contributed by atoms with Gasteiger partial charge < -0.3 is 9.80 Å². The van der Waals surface area contributed by atoms with Gasteiger partial charge in [0, 0.05) is 24.4 Å². The first-order valence-electron chi connectivity index (χ1n) is 10.3. The van der Waals surface area contributed by atoms with E-state index in [0.29, 0.717) is 11.8 Å². The first-order valence-corrected chi connectivity index (χ1v) is 10.3. The topological polar surface area (TPSA) is 6.48 Å². The van der Waals surface area contributed by atoms with Crippen molar-refractivity contribution in [3.63, 3.8) is 0 Å². The van der Waals surface area contributed by atoms with Crippen LogP contribution in [0.4, 0.5) is 0 Å². The largest absolute Gasteiger partial charge is 0.306 e. The van der Waals surface area contributed by atoms with Gasteiger partial charge in [-0.25, -0.2) is 0 Å². The van der Waals surface area contributed by atoms with Gasteiger partial charge in [0.05, 0.1) is 0 Å². The molecule has 2 bridgehead atoms. The molecule has 0 radical (unpaired) electrons. The van der Waals surface area contributed by atoms with E-state index in [4.69, 9.17) is 0 Å². The minimum atomic E-state index is 0. The smallest absolute Gasteiger partial charge is 0.0136 e. The fraction of sp³-hybridized carbons (Fsp3) is 0.500. The minimum absolute atomic E-state index is 0. The Morgan fingerprint density at radius 3 is 1.89 bits per heavy atom. The summed E-state index contributed by atoms with van der Waals surface area (Å²) >= 11 is 0. The lowest BCUT2D eigenvalue weighted by Crippen LogP contribution is -2.45. The number of nitrogens with zero attached hydrogens (tertiary/aromatic N) is 2. The van der Waals surface area contributed by atoms with E-state index in [-0.39, 0.29) is 12.4 Å². The van der Waals surface area contributed by atoms with Crippen LogP contribution in [0.3, 0.4) is 0 Å². The second-order valence-electron chi connectivity index (χ2n) is 8.78. The third-order valence-corrected chi connectivity index (χ3v) is 7.20. The average molecular weight is 383 g/mol. The molecule has 4 aliphatic rings. The van der Waals surface area contributed by atoms with E-state index in [9.17, 15) is 0 Å². The van der Waals surface area contributed by atoms with Crippen molar-refractivity contribution in [2.24, 2.45) is 5.92 Å². The van der Waals surface area contributed by atoms with Crippen LogP contribution in [0, 0.1) is 5.92 Å². The number of hydrogen-bond donors (Lipinski definition) is 0. The minimum Gasteiger partial charge on any atom is -0.306 e. The van der Waals surface area contributed by atoms with Gasteiger partial charge in [0.25, 0.3) is 0 Å². The van der Waals surface area contributed by atoms with E-state index in [1.54, 1.807) is 22.3 Å². The maximum absolute atomic E-state index is 2.75. The summed E-state index contributed by atoms with van der Waals surface area (Å²) in [6.07, 6.45) is 3.97. The van der Waals surface area contributed by atoms with Gasteiger partial charge in [0.2, 0.25) is 0 Å². The molecule has 0 aromatic heterocycles. The Morgan fingerprint density at radius 1 is 0.852 bits per heavy atom. The van der Waals surface area contributed by atoms with Crippen molar-refractivity contribution >= 4 is 12.4 Å². The van der Waals surface area contributed by atoms with Crippen LogP contribution in [0.1, 0.15) is 53.4 Å². The second kappa shape index (κ2) is 7.58. The summed E-state index contributed by atoms with van der Waals surface area (Å²) in [5, 5.41) is 0. The fourth-order valence-corrected chi connectivity index (χ4v) is 5.89. The van der Waals surface area contributed by atoms with E-state index in [1.807, 2.05) is 0 Å². The van der Waals surface area contributed by atoms with Crippen LogP contribution in [-0.4, -0.2) is 49.6 Å². The molecule has 1 unspecified atom stereocenters. The molecule has 0 spiro atoms. The number of likely N-dealkylation sites (tertiary alicyclic amines) is 1. The highest BCUT2D eigenvalue weighted by molar-refractivity contribution is 5.85. The molecule has 0 saturated carbocycles. The third-order valence-electron chi connectivity index (χ3n) is 7.20. The van der Waals surface area contributed by atoms with E-state index in [1.165, 1.54) is 38.9 Å². The van der Waals surface area contributed by atoms with Gasteiger partial charge in [-0.1, -0.05) is 48.5 Å². The quantitative estimate of drug-likeness (QED) is 0.757. The zero-order valence-corrected chi connectivity index (χ0v) is 17.3. The van der Waals surface area contributed by atoms with Crippen LogP contribution in [0.15, 0.2) is 48.5 Å². The third kappa shape index (κ3) is 3.22. The van der Waals surface area contributed by atoms with Crippen molar-refractivity contribution < 1.29 is 0 Å². The number of halogens is 1. The molecule has 6 rings (SSSR count). The lowest BCUT2D eigenvalue weighted by Gasteiger charge is -2.47. The van der Waals surface area contributed by atoms with Gasteiger partial charge in [-0.15, -0.1) is 12.4 Å². The summed E-state index contributed by atoms with van der Waals surface area (Å²) < 4.78 is 0. The van der Waals surface area contributed by atoms with Crippen molar-refractivity contribution in [2.45, 2.75) is 37.1 Å². The molecule has 0 amide bonds. The zero-order chi connectivity index (χ0) is 17.7. The van der Waals surface area contributed by atoms with E-state index in [0.717, 1.165) is 12.0 Å². The highest BCUT2D eigenvalue weighted by Crippen LogP contribution is 2.55. The monoisotopic (exact) mass is 382 g/mol. The molecule has 1 atom stereocenters. The van der Waals surface area contributed by atoms with Crippen molar-refractivity contribution in [3.8, 4) is 0 Å². The Morgan fingerprint density at radius 2 is 1.37 bits per heavy atom. The van der Waals surface area contributed by atoms with Crippen LogP contribution in [0.25, 0.3) is 0 Å². The predicted octanol–water partition coefficient (Wildman–Crippen LogP) is 4.73. The van der Waals surface area contributed by atoms with Crippen molar-refractivity contribution in [1.29, 1.82) is 0 Å². The Balaban J connectivity index is 0.00000180. The number of rotatable bonds is 3. The van der Waals surface area contributed by atoms with Crippen molar-refractivity contribution in [1.82, 2.24) is 9.80 Å². The molecule has 2 nitrogen and oxygen atoms in total. The van der Waals surface area contributed by atoms with Crippen LogP contribution in [-0.2, 0) is 0 Å². The first-order chi connectivity index (χ1) is 12.7. The highest BCUT2D eigenvalue weighted by Gasteiger charge is 2.43. The Hall–Kier alpha value is -1.35. The van der Waals surface area contributed by atoms with Gasteiger partial charge in [-0.2, -0.15) is 0 Å². The maximum atomic E-state index is 2.75. The predicted molar refractivity (Wildman–Crippen MR) is 115 cm³/mol. The van der Waals surface area contributed by atoms with Crippen LogP contribution >= 0.6 is 12.4 Å². The number of hydrogen-bond acceptors (Lipinski definition) is 2. The van der Waals surface area contributed by atoms with Crippen LogP contribution in [0.5, 0.6) is 0 Å². The van der Waals surface area contributed by atoms with E-state index < -0.39 is 0 Å². The maximum Gasteiger partial charge on any atom is 0.0136 e. The molecular formula is C24H31ClN2. The standard InChI is InChI=1S/C24H30N2.ClH/c1-25(2)18-11-13-26(14-12-18)16-17-15-23-19-7-3-5-9-21(19)24(17)22-10-6-4-8-20(22)23;/h3-10,17-18,23-24H,11-16H2,1-2H3;1H.